The lowest BCUT2D eigenvalue weighted by atomic mass is 10.1. The van der Waals surface area contributed by atoms with E-state index < -0.39 is 5.97 Å². The summed E-state index contributed by atoms with van der Waals surface area (Å²) in [7, 11) is 0. The molecule has 1 rings (SSSR count). The Labute approximate surface area is 81.9 Å². The molecule has 0 radical (unpaired) electrons. The Morgan fingerprint density at radius 3 is 2.64 bits per heavy atom. The van der Waals surface area contributed by atoms with Crippen molar-refractivity contribution in [1.82, 2.24) is 0 Å². The standard InChI is InChI=1S/C10H10N2O2/c11-5-6-14-10(13)7-8-1-3-9(12)4-2-8/h1-4H,6-7,12H2. The van der Waals surface area contributed by atoms with Crippen LogP contribution >= 0.6 is 0 Å². The van der Waals surface area contributed by atoms with Gasteiger partial charge in [0, 0.05) is 5.69 Å². The van der Waals surface area contributed by atoms with Gasteiger partial charge in [-0.25, -0.2) is 0 Å². The predicted octanol–water partition coefficient (Wildman–Crippen LogP) is 0.878. The van der Waals surface area contributed by atoms with E-state index in [0.717, 1.165) is 5.56 Å². The summed E-state index contributed by atoms with van der Waals surface area (Å²) in [5.74, 6) is -0.406. The molecule has 4 heteroatoms. The van der Waals surface area contributed by atoms with Crippen molar-refractivity contribution >= 4 is 11.7 Å². The Hall–Kier alpha value is -2.02. The summed E-state index contributed by atoms with van der Waals surface area (Å²) in [6.07, 6.45) is 0.169. The van der Waals surface area contributed by atoms with Crippen molar-refractivity contribution in [2.75, 3.05) is 12.3 Å². The predicted molar refractivity (Wildman–Crippen MR) is 51.1 cm³/mol. The molecule has 0 saturated heterocycles. The first-order valence-corrected chi connectivity index (χ1v) is 4.09. The lowest BCUT2D eigenvalue weighted by Crippen LogP contribution is -2.07. The molecule has 2 N–H and O–H groups in total. The molecule has 0 unspecified atom stereocenters. The van der Waals surface area contributed by atoms with Crippen molar-refractivity contribution < 1.29 is 9.53 Å². The minimum atomic E-state index is -0.406. The number of benzene rings is 1. The molecule has 0 saturated carbocycles. The number of nitrogen functional groups attached to an aromatic ring is 1. The fourth-order valence-electron chi connectivity index (χ4n) is 0.966. The molecule has 0 aliphatic carbocycles. The molecule has 0 aliphatic rings. The van der Waals surface area contributed by atoms with Crippen molar-refractivity contribution in [2.24, 2.45) is 0 Å². The van der Waals surface area contributed by atoms with Gasteiger partial charge in [-0.05, 0) is 17.7 Å². The Morgan fingerprint density at radius 1 is 1.43 bits per heavy atom. The van der Waals surface area contributed by atoms with Gasteiger partial charge in [0.1, 0.15) is 6.07 Å². The second-order valence-corrected chi connectivity index (χ2v) is 2.74. The number of esters is 1. The molecule has 0 spiro atoms. The largest absolute Gasteiger partial charge is 0.450 e. The van der Waals surface area contributed by atoms with E-state index in [1.54, 1.807) is 30.3 Å². The summed E-state index contributed by atoms with van der Waals surface area (Å²) in [5, 5.41) is 8.17. The topological polar surface area (TPSA) is 76.1 Å². The maximum Gasteiger partial charge on any atom is 0.311 e. The molecule has 4 nitrogen and oxygen atoms in total. The number of nitrogens with two attached hydrogens (primary N) is 1. The molecule has 1 aromatic rings. The van der Waals surface area contributed by atoms with Crippen molar-refractivity contribution in [1.29, 1.82) is 5.26 Å². The Bertz CT molecular complexity index is 351. The van der Waals surface area contributed by atoms with Crippen LogP contribution in [0, 0.1) is 11.3 Å². The normalized spacial score (nSPS) is 9.07. The van der Waals surface area contributed by atoms with Crippen LogP contribution in [0.25, 0.3) is 0 Å². The van der Waals surface area contributed by atoms with E-state index in [-0.39, 0.29) is 13.0 Å². The molecule has 0 heterocycles. The SMILES string of the molecule is N#CCOC(=O)Cc1ccc(N)cc1. The van der Waals surface area contributed by atoms with Gasteiger partial charge in [-0.2, -0.15) is 5.26 Å². The number of ether oxygens (including phenoxy) is 1. The molecular formula is C10H10N2O2. The van der Waals surface area contributed by atoms with E-state index in [2.05, 4.69) is 4.74 Å². The second-order valence-electron chi connectivity index (χ2n) is 2.74. The molecule has 0 bridgehead atoms. The van der Waals surface area contributed by atoms with Gasteiger partial charge in [-0.3, -0.25) is 4.79 Å². The molecule has 0 amide bonds. The Kier molecular flexibility index (Phi) is 3.50. The van der Waals surface area contributed by atoms with E-state index in [0.29, 0.717) is 5.69 Å². The minimum Gasteiger partial charge on any atom is -0.450 e. The van der Waals surface area contributed by atoms with Crippen LogP contribution in [0.4, 0.5) is 5.69 Å². The summed E-state index contributed by atoms with van der Waals surface area (Å²) in [6.45, 7) is -0.201. The van der Waals surface area contributed by atoms with Crippen LogP contribution in [0.15, 0.2) is 24.3 Å². The Morgan fingerprint density at radius 2 is 2.07 bits per heavy atom. The van der Waals surface area contributed by atoms with Crippen molar-refractivity contribution in [3.05, 3.63) is 29.8 Å². The van der Waals surface area contributed by atoms with Gasteiger partial charge in [0.25, 0.3) is 0 Å². The summed E-state index contributed by atoms with van der Waals surface area (Å²) in [5.41, 5.74) is 6.95. The number of nitriles is 1. The number of hydrogen-bond acceptors (Lipinski definition) is 4. The van der Waals surface area contributed by atoms with Gasteiger partial charge in [0.2, 0.25) is 0 Å². The van der Waals surface area contributed by atoms with Gasteiger partial charge < -0.3 is 10.5 Å². The van der Waals surface area contributed by atoms with E-state index >= 15 is 0 Å². The minimum absolute atomic E-state index is 0.169. The molecule has 0 aliphatic heterocycles. The van der Waals surface area contributed by atoms with Gasteiger partial charge in [0.15, 0.2) is 6.61 Å². The van der Waals surface area contributed by atoms with Crippen molar-refractivity contribution in [3.63, 3.8) is 0 Å². The maximum absolute atomic E-state index is 11.1. The molecule has 1 aromatic carbocycles. The van der Waals surface area contributed by atoms with E-state index in [9.17, 15) is 4.79 Å². The first-order valence-electron chi connectivity index (χ1n) is 4.09. The zero-order valence-electron chi connectivity index (χ0n) is 7.56. The summed E-state index contributed by atoms with van der Waals surface area (Å²) in [4.78, 5) is 11.1. The third kappa shape index (κ3) is 3.15. The van der Waals surface area contributed by atoms with Gasteiger partial charge in [-0.15, -0.1) is 0 Å². The maximum atomic E-state index is 11.1. The number of carbonyl (C=O) groups excluding carboxylic acids is 1. The highest BCUT2D eigenvalue weighted by atomic mass is 16.5. The molecule has 0 atom stereocenters. The summed E-state index contributed by atoms with van der Waals surface area (Å²) in [6, 6.07) is 8.67. The number of anilines is 1. The van der Waals surface area contributed by atoms with Crippen LogP contribution in [0.1, 0.15) is 5.56 Å². The van der Waals surface area contributed by atoms with Gasteiger partial charge in [-0.1, -0.05) is 12.1 Å². The fraction of sp³-hybridized carbons (Fsp3) is 0.200. The first kappa shape index (κ1) is 10.1. The fourth-order valence-corrected chi connectivity index (χ4v) is 0.966. The molecular weight excluding hydrogens is 180 g/mol. The Balaban J connectivity index is 2.49. The molecule has 0 aromatic heterocycles. The van der Waals surface area contributed by atoms with Crippen LogP contribution in [0.3, 0.4) is 0 Å². The molecule has 0 fully saturated rings. The van der Waals surface area contributed by atoms with Crippen LogP contribution in [0.2, 0.25) is 0 Å². The smallest absolute Gasteiger partial charge is 0.311 e. The van der Waals surface area contributed by atoms with E-state index in [1.165, 1.54) is 0 Å². The third-order valence-corrected chi connectivity index (χ3v) is 1.63. The quantitative estimate of drug-likeness (QED) is 0.567. The van der Waals surface area contributed by atoms with Crippen LogP contribution in [-0.4, -0.2) is 12.6 Å². The average molecular weight is 190 g/mol. The van der Waals surface area contributed by atoms with Crippen LogP contribution < -0.4 is 5.73 Å². The zero-order chi connectivity index (χ0) is 10.4. The second kappa shape index (κ2) is 4.87. The van der Waals surface area contributed by atoms with Crippen molar-refractivity contribution in [2.45, 2.75) is 6.42 Å². The lowest BCUT2D eigenvalue weighted by molar-refractivity contribution is -0.141. The highest BCUT2D eigenvalue weighted by Crippen LogP contribution is 2.06. The number of hydrogen-bond donors (Lipinski definition) is 1. The summed E-state index contributed by atoms with van der Waals surface area (Å²) < 4.78 is 4.59. The highest BCUT2D eigenvalue weighted by molar-refractivity contribution is 5.72. The van der Waals surface area contributed by atoms with Crippen LogP contribution in [0.5, 0.6) is 0 Å². The van der Waals surface area contributed by atoms with Gasteiger partial charge in [0.05, 0.1) is 6.42 Å². The summed E-state index contributed by atoms with van der Waals surface area (Å²) >= 11 is 0. The molecule has 72 valence electrons. The zero-order valence-corrected chi connectivity index (χ0v) is 7.56. The lowest BCUT2D eigenvalue weighted by Gasteiger charge is -2.00. The third-order valence-electron chi connectivity index (χ3n) is 1.63. The average Bonchev–Trinajstić information content (AvgIpc) is 2.18. The highest BCUT2D eigenvalue weighted by Gasteiger charge is 2.03. The molecule has 14 heavy (non-hydrogen) atoms. The number of carbonyl (C=O) groups is 1. The number of nitrogens with zero attached hydrogens (tertiary/aromatic N) is 1. The van der Waals surface area contributed by atoms with Crippen LogP contribution in [-0.2, 0) is 16.0 Å². The monoisotopic (exact) mass is 190 g/mol. The van der Waals surface area contributed by atoms with Gasteiger partial charge >= 0.3 is 5.97 Å². The van der Waals surface area contributed by atoms with E-state index in [4.69, 9.17) is 11.0 Å². The van der Waals surface area contributed by atoms with E-state index in [1.807, 2.05) is 0 Å². The first-order chi connectivity index (χ1) is 6.72. The van der Waals surface area contributed by atoms with Crippen molar-refractivity contribution in [3.8, 4) is 6.07 Å². The number of rotatable bonds is 3.